The molecule has 4 heteroatoms. The number of rotatable bonds is 4. The van der Waals surface area contributed by atoms with Gasteiger partial charge in [0.1, 0.15) is 0 Å². The Morgan fingerprint density at radius 2 is 1.71 bits per heavy atom. The van der Waals surface area contributed by atoms with Crippen molar-refractivity contribution < 1.29 is 15.3 Å². The van der Waals surface area contributed by atoms with Crippen molar-refractivity contribution in [2.24, 2.45) is 0 Å². The van der Waals surface area contributed by atoms with Gasteiger partial charge in [0.05, 0.1) is 18.8 Å². The summed E-state index contributed by atoms with van der Waals surface area (Å²) >= 11 is 5.68. The third-order valence-electron chi connectivity index (χ3n) is 1.96. The summed E-state index contributed by atoms with van der Waals surface area (Å²) in [5, 5.41) is 27.9. The molecule has 0 spiro atoms. The third kappa shape index (κ3) is 3.27. The highest BCUT2D eigenvalue weighted by atomic mass is 35.5. The number of hydrogen-bond donors (Lipinski definition) is 3. The van der Waals surface area contributed by atoms with Gasteiger partial charge in [-0.1, -0.05) is 23.7 Å². The fourth-order valence-electron chi connectivity index (χ4n) is 1.15. The predicted molar refractivity (Wildman–Crippen MR) is 54.1 cm³/mol. The second kappa shape index (κ2) is 5.32. The monoisotopic (exact) mass is 216 g/mol. The smallest absolute Gasteiger partial charge is 0.0815 e. The van der Waals surface area contributed by atoms with Crippen LogP contribution in [0.3, 0.4) is 0 Å². The zero-order valence-electron chi connectivity index (χ0n) is 7.60. The third-order valence-corrected chi connectivity index (χ3v) is 2.21. The Bertz CT molecular complexity index is 273. The molecule has 3 nitrogen and oxygen atoms in total. The lowest BCUT2D eigenvalue weighted by Gasteiger charge is -2.13. The van der Waals surface area contributed by atoms with E-state index in [0.717, 1.165) is 0 Å². The van der Waals surface area contributed by atoms with Crippen LogP contribution in [0.1, 0.15) is 18.1 Å². The summed E-state index contributed by atoms with van der Waals surface area (Å²) in [4.78, 5) is 0. The van der Waals surface area contributed by atoms with Gasteiger partial charge >= 0.3 is 0 Å². The van der Waals surface area contributed by atoms with Gasteiger partial charge in [-0.3, -0.25) is 0 Å². The maximum Gasteiger partial charge on any atom is 0.0815 e. The first kappa shape index (κ1) is 11.5. The van der Waals surface area contributed by atoms with Gasteiger partial charge in [-0.25, -0.2) is 0 Å². The largest absolute Gasteiger partial charge is 0.394 e. The Kier molecular flexibility index (Phi) is 4.35. The molecule has 78 valence electrons. The summed E-state index contributed by atoms with van der Waals surface area (Å²) < 4.78 is 0. The van der Waals surface area contributed by atoms with Crippen molar-refractivity contribution >= 4 is 11.6 Å². The Labute approximate surface area is 87.6 Å². The highest BCUT2D eigenvalue weighted by molar-refractivity contribution is 6.30. The van der Waals surface area contributed by atoms with Crippen molar-refractivity contribution in [3.8, 4) is 0 Å². The average Bonchev–Trinajstić information content (AvgIpc) is 2.18. The van der Waals surface area contributed by atoms with Crippen molar-refractivity contribution in [1.82, 2.24) is 0 Å². The molecule has 0 saturated heterocycles. The van der Waals surface area contributed by atoms with Gasteiger partial charge in [0, 0.05) is 11.4 Å². The molecule has 0 unspecified atom stereocenters. The molecule has 0 heterocycles. The van der Waals surface area contributed by atoms with Gasteiger partial charge in [0.2, 0.25) is 0 Å². The van der Waals surface area contributed by atoms with Gasteiger partial charge < -0.3 is 15.3 Å². The maximum atomic E-state index is 9.60. The van der Waals surface area contributed by atoms with E-state index in [9.17, 15) is 5.11 Å². The molecule has 0 radical (unpaired) electrons. The second-order valence-corrected chi connectivity index (χ2v) is 3.58. The fraction of sp³-hybridized carbons (Fsp3) is 0.400. The quantitative estimate of drug-likeness (QED) is 0.707. The van der Waals surface area contributed by atoms with Crippen LogP contribution >= 0.6 is 11.6 Å². The molecular formula is C10H13ClO3. The van der Waals surface area contributed by atoms with Gasteiger partial charge in [-0.2, -0.15) is 0 Å². The Hall–Kier alpha value is -0.610. The summed E-state index contributed by atoms with van der Waals surface area (Å²) in [6.07, 6.45) is -1.53. The van der Waals surface area contributed by atoms with Crippen LogP contribution in [0.2, 0.25) is 5.02 Å². The molecule has 0 bridgehead atoms. The van der Waals surface area contributed by atoms with Crippen molar-refractivity contribution in [2.75, 3.05) is 6.61 Å². The van der Waals surface area contributed by atoms with E-state index in [1.165, 1.54) is 0 Å². The van der Waals surface area contributed by atoms with Crippen molar-refractivity contribution in [3.63, 3.8) is 0 Å². The molecule has 1 rings (SSSR count). The van der Waals surface area contributed by atoms with Crippen LogP contribution < -0.4 is 0 Å². The van der Waals surface area contributed by atoms with Crippen molar-refractivity contribution in [2.45, 2.75) is 18.6 Å². The lowest BCUT2D eigenvalue weighted by Crippen LogP contribution is -2.16. The van der Waals surface area contributed by atoms with Crippen LogP contribution in [-0.4, -0.2) is 28.0 Å². The van der Waals surface area contributed by atoms with Crippen LogP contribution in [0.25, 0.3) is 0 Å². The number of benzene rings is 1. The molecule has 3 N–H and O–H groups in total. The highest BCUT2D eigenvalue weighted by Gasteiger charge is 2.12. The van der Waals surface area contributed by atoms with E-state index in [1.807, 2.05) is 0 Å². The summed E-state index contributed by atoms with van der Waals surface area (Å²) in [7, 11) is 0. The number of aliphatic hydroxyl groups is 3. The molecular weight excluding hydrogens is 204 g/mol. The summed E-state index contributed by atoms with van der Waals surface area (Å²) in [5.41, 5.74) is 0.682. The fourth-order valence-corrected chi connectivity index (χ4v) is 1.28. The zero-order chi connectivity index (χ0) is 10.6. The van der Waals surface area contributed by atoms with Gasteiger partial charge in [0.15, 0.2) is 0 Å². The standard InChI is InChI=1S/C10H13ClO3/c11-8-3-1-7(2-4-8)10(14)5-9(13)6-12/h1-4,9-10,12-14H,5-6H2/t9-,10-/m1/s1. The zero-order valence-corrected chi connectivity index (χ0v) is 8.35. The molecule has 0 aliphatic carbocycles. The first-order chi connectivity index (χ1) is 6.63. The lowest BCUT2D eigenvalue weighted by atomic mass is 10.0. The maximum absolute atomic E-state index is 9.60. The Morgan fingerprint density at radius 3 is 2.21 bits per heavy atom. The van der Waals surface area contributed by atoms with Gasteiger partial charge in [-0.15, -0.1) is 0 Å². The number of hydrogen-bond acceptors (Lipinski definition) is 3. The minimum atomic E-state index is -0.888. The first-order valence-electron chi connectivity index (χ1n) is 4.36. The van der Waals surface area contributed by atoms with Crippen LogP contribution in [-0.2, 0) is 0 Å². The van der Waals surface area contributed by atoms with Gasteiger partial charge in [-0.05, 0) is 17.7 Å². The van der Waals surface area contributed by atoms with E-state index >= 15 is 0 Å². The Balaban J connectivity index is 2.60. The molecule has 0 amide bonds. The van der Waals surface area contributed by atoms with Crippen molar-refractivity contribution in [1.29, 1.82) is 0 Å². The minimum absolute atomic E-state index is 0.123. The van der Waals surface area contributed by atoms with E-state index in [0.29, 0.717) is 10.6 Å². The van der Waals surface area contributed by atoms with E-state index in [2.05, 4.69) is 0 Å². The number of aliphatic hydroxyl groups excluding tert-OH is 3. The lowest BCUT2D eigenvalue weighted by molar-refractivity contribution is 0.0413. The normalized spacial score (nSPS) is 15.1. The van der Waals surface area contributed by atoms with E-state index in [4.69, 9.17) is 21.8 Å². The molecule has 0 aromatic heterocycles. The topological polar surface area (TPSA) is 60.7 Å². The van der Waals surface area contributed by atoms with E-state index < -0.39 is 12.2 Å². The molecule has 0 aliphatic rings. The molecule has 14 heavy (non-hydrogen) atoms. The summed E-state index contributed by atoms with van der Waals surface area (Å²) in [5.74, 6) is 0. The predicted octanol–water partition coefficient (Wildman–Crippen LogP) is 1.12. The van der Waals surface area contributed by atoms with E-state index in [-0.39, 0.29) is 13.0 Å². The Morgan fingerprint density at radius 1 is 1.14 bits per heavy atom. The van der Waals surface area contributed by atoms with Crippen LogP contribution in [0, 0.1) is 0 Å². The summed E-state index contributed by atoms with van der Waals surface area (Å²) in [6, 6.07) is 6.73. The molecule has 2 atom stereocenters. The van der Waals surface area contributed by atoms with Crippen LogP contribution in [0.15, 0.2) is 24.3 Å². The molecule has 0 aliphatic heterocycles. The molecule has 1 aromatic rings. The highest BCUT2D eigenvalue weighted by Crippen LogP contribution is 2.20. The first-order valence-corrected chi connectivity index (χ1v) is 4.73. The van der Waals surface area contributed by atoms with Crippen LogP contribution in [0.4, 0.5) is 0 Å². The van der Waals surface area contributed by atoms with E-state index in [1.54, 1.807) is 24.3 Å². The average molecular weight is 217 g/mol. The summed E-state index contributed by atoms with van der Waals surface area (Å²) in [6.45, 7) is -0.343. The van der Waals surface area contributed by atoms with Crippen molar-refractivity contribution in [3.05, 3.63) is 34.9 Å². The number of halogens is 1. The van der Waals surface area contributed by atoms with Gasteiger partial charge in [0.25, 0.3) is 0 Å². The molecule has 0 fully saturated rings. The van der Waals surface area contributed by atoms with Crippen LogP contribution in [0.5, 0.6) is 0 Å². The molecule has 0 saturated carbocycles. The molecule has 1 aromatic carbocycles. The SMILES string of the molecule is OC[C@H](O)C[C@@H](O)c1ccc(Cl)cc1. The minimum Gasteiger partial charge on any atom is -0.394 e. The second-order valence-electron chi connectivity index (χ2n) is 3.14.